The molecule has 3 N–H and O–H groups in total. The van der Waals surface area contributed by atoms with Crippen molar-refractivity contribution in [3.8, 4) is 0 Å². The third kappa shape index (κ3) is 0.826. The Labute approximate surface area is 63.4 Å². The van der Waals surface area contributed by atoms with E-state index >= 15 is 0 Å². The number of H-pyrrole nitrogens is 1. The minimum Gasteiger partial charge on any atom is -0.383 e. The van der Waals surface area contributed by atoms with Gasteiger partial charge >= 0.3 is 0 Å². The van der Waals surface area contributed by atoms with Crippen LogP contribution in [-0.2, 0) is 6.42 Å². The molecule has 0 spiro atoms. The van der Waals surface area contributed by atoms with Gasteiger partial charge in [0.05, 0.1) is 5.56 Å². The van der Waals surface area contributed by atoms with E-state index in [4.69, 9.17) is 10.3 Å². The fourth-order valence-corrected chi connectivity index (χ4v) is 1.58. The van der Waals surface area contributed by atoms with E-state index in [-0.39, 0.29) is 11.5 Å². The molecule has 1 aromatic heterocycles. The normalized spacial score (nSPS) is 22.1. The topological polar surface area (TPSA) is 72.0 Å². The van der Waals surface area contributed by atoms with Crippen molar-refractivity contribution in [2.45, 2.75) is 18.8 Å². The van der Waals surface area contributed by atoms with Crippen molar-refractivity contribution in [2.75, 3.05) is 6.54 Å². The predicted molar refractivity (Wildman–Crippen MR) is 39.4 cm³/mol. The third-order valence-electron chi connectivity index (χ3n) is 2.22. The van der Waals surface area contributed by atoms with Crippen molar-refractivity contribution in [1.82, 2.24) is 5.16 Å². The number of aromatic amines is 1. The summed E-state index contributed by atoms with van der Waals surface area (Å²) in [5.41, 5.74) is 6.19. The number of fused-ring (bicyclic) bond motifs is 1. The summed E-state index contributed by atoms with van der Waals surface area (Å²) in [6.45, 7) is 0.563. The van der Waals surface area contributed by atoms with E-state index in [1.165, 1.54) is 0 Å². The molecule has 1 atom stereocenters. The van der Waals surface area contributed by atoms with Crippen LogP contribution in [0.15, 0.2) is 9.32 Å². The van der Waals surface area contributed by atoms with Crippen LogP contribution < -0.4 is 11.3 Å². The van der Waals surface area contributed by atoms with Crippen molar-refractivity contribution < 1.29 is 4.52 Å². The predicted octanol–water partition coefficient (Wildman–Crippen LogP) is -0.0436. The molecular weight excluding hydrogens is 144 g/mol. The van der Waals surface area contributed by atoms with Gasteiger partial charge in [0.2, 0.25) is 0 Å². The Morgan fingerprint density at radius 1 is 1.73 bits per heavy atom. The van der Waals surface area contributed by atoms with Crippen LogP contribution in [0.4, 0.5) is 0 Å². The molecule has 11 heavy (non-hydrogen) atoms. The first-order valence-electron chi connectivity index (χ1n) is 3.73. The Morgan fingerprint density at radius 2 is 2.55 bits per heavy atom. The van der Waals surface area contributed by atoms with Crippen molar-refractivity contribution in [3.63, 3.8) is 0 Å². The molecule has 0 saturated heterocycles. The lowest BCUT2D eigenvalue weighted by Gasteiger charge is -2.00. The Kier molecular flexibility index (Phi) is 1.35. The van der Waals surface area contributed by atoms with Crippen LogP contribution in [0.2, 0.25) is 0 Å². The van der Waals surface area contributed by atoms with Gasteiger partial charge in [0.15, 0.2) is 0 Å². The first kappa shape index (κ1) is 6.67. The molecule has 0 fully saturated rings. The number of aromatic nitrogens is 1. The molecule has 1 aliphatic carbocycles. The molecule has 4 nitrogen and oxygen atoms in total. The number of nitrogens with two attached hydrogens (primary N) is 1. The van der Waals surface area contributed by atoms with E-state index in [2.05, 4.69) is 5.16 Å². The molecule has 0 aromatic carbocycles. The summed E-state index contributed by atoms with van der Waals surface area (Å²) in [5, 5.41) is 2.32. The molecule has 1 aromatic rings. The Morgan fingerprint density at radius 3 is 3.27 bits per heavy atom. The van der Waals surface area contributed by atoms with Crippen LogP contribution in [0.3, 0.4) is 0 Å². The van der Waals surface area contributed by atoms with Crippen LogP contribution in [0.5, 0.6) is 0 Å². The van der Waals surface area contributed by atoms with Gasteiger partial charge in [-0.1, -0.05) is 0 Å². The molecule has 60 valence electrons. The molecule has 1 unspecified atom stereocenters. The van der Waals surface area contributed by atoms with Gasteiger partial charge in [0.25, 0.3) is 5.56 Å². The van der Waals surface area contributed by atoms with Gasteiger partial charge in [-0.2, -0.15) is 5.16 Å². The Bertz CT molecular complexity index is 312. The minimum atomic E-state index is -0.0871. The quantitative estimate of drug-likeness (QED) is 0.596. The summed E-state index contributed by atoms with van der Waals surface area (Å²) in [7, 11) is 0. The third-order valence-corrected chi connectivity index (χ3v) is 2.22. The average molecular weight is 154 g/mol. The highest BCUT2D eigenvalue weighted by Gasteiger charge is 2.27. The van der Waals surface area contributed by atoms with E-state index in [1.807, 2.05) is 0 Å². The summed E-state index contributed by atoms with van der Waals surface area (Å²) in [6, 6.07) is 0. The lowest BCUT2D eigenvalue weighted by Crippen LogP contribution is -2.08. The second kappa shape index (κ2) is 2.23. The first-order chi connectivity index (χ1) is 5.33. The lowest BCUT2D eigenvalue weighted by atomic mass is 10.1. The van der Waals surface area contributed by atoms with Crippen LogP contribution in [0.1, 0.15) is 23.7 Å². The monoisotopic (exact) mass is 154 g/mol. The highest BCUT2D eigenvalue weighted by Crippen LogP contribution is 2.29. The van der Waals surface area contributed by atoms with Gasteiger partial charge in [-0.05, 0) is 12.8 Å². The van der Waals surface area contributed by atoms with Crippen molar-refractivity contribution in [2.24, 2.45) is 5.73 Å². The Balaban J connectivity index is 2.48. The molecule has 1 heterocycles. The first-order valence-corrected chi connectivity index (χ1v) is 3.73. The fourth-order valence-electron chi connectivity index (χ4n) is 1.58. The molecule has 0 amide bonds. The number of hydrogen-bond acceptors (Lipinski definition) is 3. The summed E-state index contributed by atoms with van der Waals surface area (Å²) in [4.78, 5) is 11.0. The zero-order chi connectivity index (χ0) is 7.84. The van der Waals surface area contributed by atoms with Crippen LogP contribution in [-0.4, -0.2) is 11.7 Å². The molecule has 1 aliphatic rings. The number of rotatable bonds is 1. The zero-order valence-electron chi connectivity index (χ0n) is 6.09. The largest absolute Gasteiger partial charge is 0.383 e. The second-order valence-electron chi connectivity index (χ2n) is 2.85. The lowest BCUT2D eigenvalue weighted by molar-refractivity contribution is 0.359. The SMILES string of the molecule is NCC1CCc2c1o[nH]c2=O. The van der Waals surface area contributed by atoms with E-state index in [0.717, 1.165) is 24.2 Å². The summed E-state index contributed by atoms with van der Waals surface area (Å²) in [5.74, 6) is 1.03. The number of nitrogens with one attached hydrogen (secondary N) is 1. The maximum Gasteiger partial charge on any atom is 0.283 e. The Hall–Kier alpha value is -1.03. The number of hydrogen-bond donors (Lipinski definition) is 2. The summed E-state index contributed by atoms with van der Waals surface area (Å²) < 4.78 is 4.99. The van der Waals surface area contributed by atoms with Crippen LogP contribution in [0.25, 0.3) is 0 Å². The second-order valence-corrected chi connectivity index (χ2v) is 2.85. The van der Waals surface area contributed by atoms with Gasteiger partial charge in [0.1, 0.15) is 5.76 Å². The molecular formula is C7H10N2O2. The average Bonchev–Trinajstić information content (AvgIpc) is 2.53. The fraction of sp³-hybridized carbons (Fsp3) is 0.571. The summed E-state index contributed by atoms with van der Waals surface area (Å²) >= 11 is 0. The standard InChI is InChI=1S/C7H10N2O2/c8-3-4-1-2-5-6(4)11-9-7(5)10/h4H,1-3,8H2,(H,9,10). The van der Waals surface area contributed by atoms with Gasteiger partial charge in [0, 0.05) is 12.5 Å². The van der Waals surface area contributed by atoms with Crippen molar-refractivity contribution >= 4 is 0 Å². The molecule has 0 radical (unpaired) electrons. The molecule has 0 aliphatic heterocycles. The van der Waals surface area contributed by atoms with E-state index in [1.54, 1.807) is 0 Å². The van der Waals surface area contributed by atoms with Crippen LogP contribution in [0, 0.1) is 0 Å². The van der Waals surface area contributed by atoms with E-state index in [0.29, 0.717) is 6.54 Å². The summed E-state index contributed by atoms with van der Waals surface area (Å²) in [6.07, 6.45) is 1.76. The van der Waals surface area contributed by atoms with Gasteiger partial charge in [-0.3, -0.25) is 4.79 Å². The smallest absolute Gasteiger partial charge is 0.283 e. The highest BCUT2D eigenvalue weighted by molar-refractivity contribution is 5.23. The highest BCUT2D eigenvalue weighted by atomic mass is 16.5. The molecule has 0 saturated carbocycles. The van der Waals surface area contributed by atoms with E-state index in [9.17, 15) is 4.79 Å². The maximum atomic E-state index is 11.0. The zero-order valence-corrected chi connectivity index (χ0v) is 6.09. The van der Waals surface area contributed by atoms with Crippen LogP contribution >= 0.6 is 0 Å². The van der Waals surface area contributed by atoms with Crippen molar-refractivity contribution in [3.05, 3.63) is 21.7 Å². The van der Waals surface area contributed by atoms with E-state index < -0.39 is 0 Å². The maximum absolute atomic E-state index is 11.0. The van der Waals surface area contributed by atoms with Gasteiger partial charge in [-0.15, -0.1) is 0 Å². The molecule has 2 rings (SSSR count). The van der Waals surface area contributed by atoms with Gasteiger partial charge in [-0.25, -0.2) is 0 Å². The van der Waals surface area contributed by atoms with Gasteiger partial charge < -0.3 is 10.3 Å². The molecule has 0 bridgehead atoms. The minimum absolute atomic E-state index is 0.0871. The van der Waals surface area contributed by atoms with Crippen molar-refractivity contribution in [1.29, 1.82) is 0 Å². The molecule has 4 heteroatoms.